The number of H-pyrrole nitrogens is 1. The minimum Gasteiger partial charge on any atom is -0.340 e. The summed E-state index contributed by atoms with van der Waals surface area (Å²) in [5.74, 6) is 0.806. The van der Waals surface area contributed by atoms with Crippen molar-refractivity contribution in [2.24, 2.45) is 0 Å². The van der Waals surface area contributed by atoms with Crippen LogP contribution in [0.25, 0.3) is 44.3 Å². The van der Waals surface area contributed by atoms with Crippen LogP contribution in [0.3, 0.4) is 0 Å². The second-order valence-corrected chi connectivity index (χ2v) is 11.5. The Morgan fingerprint density at radius 3 is 2.30 bits per heavy atom. The normalized spacial score (nSPS) is 11.2. The van der Waals surface area contributed by atoms with Crippen molar-refractivity contribution in [3.05, 3.63) is 133 Å². The highest BCUT2D eigenvalue weighted by molar-refractivity contribution is 7.85. The number of aryl methyl sites for hydroxylation is 1. The van der Waals surface area contributed by atoms with E-state index in [1.165, 1.54) is 18.2 Å². The van der Waals surface area contributed by atoms with E-state index in [1.54, 1.807) is 24.4 Å². The van der Waals surface area contributed by atoms with Crippen molar-refractivity contribution >= 4 is 43.4 Å². The van der Waals surface area contributed by atoms with Gasteiger partial charge in [-0.3, -0.25) is 9.65 Å². The molecule has 0 atom stereocenters. The lowest BCUT2D eigenvalue weighted by molar-refractivity contribution is 0.483. The average Bonchev–Trinajstić information content (AvgIpc) is 3.50. The highest BCUT2D eigenvalue weighted by Crippen LogP contribution is 2.31. The van der Waals surface area contributed by atoms with Gasteiger partial charge in [-0.2, -0.15) is 13.5 Å². The molecule has 3 N–H and O–H groups in total. The lowest BCUT2D eigenvalue weighted by Gasteiger charge is -2.12. The Bertz CT molecular complexity index is 2200. The predicted octanol–water partition coefficient (Wildman–Crippen LogP) is 7.96. The Morgan fingerprint density at radius 2 is 1.55 bits per heavy atom. The molecule has 0 aliphatic rings. The van der Waals surface area contributed by atoms with Crippen LogP contribution in [0.5, 0.6) is 0 Å². The first-order valence-corrected chi connectivity index (χ1v) is 15.0. The molecule has 7 aromatic rings. The molecule has 5 aromatic carbocycles. The number of nitrogens with zero attached hydrogens (tertiary/aromatic N) is 3. The van der Waals surface area contributed by atoms with Gasteiger partial charge in [0.1, 0.15) is 11.6 Å². The second-order valence-electron chi connectivity index (χ2n) is 10.1. The summed E-state index contributed by atoms with van der Waals surface area (Å²) in [5, 5.41) is 12.3. The van der Waals surface area contributed by atoms with E-state index < -0.39 is 10.1 Å². The minimum absolute atomic E-state index is 0.0666. The maximum atomic E-state index is 15.0. The molecule has 2 heterocycles. The molecule has 7 rings (SSSR count). The van der Waals surface area contributed by atoms with Crippen LogP contribution < -0.4 is 5.32 Å². The molecular formula is C34H26FN5O3S. The van der Waals surface area contributed by atoms with Crippen LogP contribution in [0.15, 0.2) is 126 Å². The molecule has 44 heavy (non-hydrogen) atoms. The number of nitrogens with one attached hydrogen (secondary N) is 2. The van der Waals surface area contributed by atoms with E-state index in [9.17, 15) is 8.42 Å². The Kier molecular flexibility index (Phi) is 7.84. The maximum absolute atomic E-state index is 15.0. The van der Waals surface area contributed by atoms with Crippen molar-refractivity contribution in [1.29, 1.82) is 0 Å². The summed E-state index contributed by atoms with van der Waals surface area (Å²) in [6.07, 6.45) is 1.78. The van der Waals surface area contributed by atoms with Crippen LogP contribution in [0.1, 0.15) is 5.56 Å². The van der Waals surface area contributed by atoms with Crippen LogP contribution in [0.2, 0.25) is 0 Å². The predicted molar refractivity (Wildman–Crippen MR) is 171 cm³/mol. The van der Waals surface area contributed by atoms with E-state index in [-0.39, 0.29) is 10.7 Å². The standard InChI is InChI=1S/C27H18FN5.C7H8O3S/c28-23-15-18(10-12-21(23)17-6-2-1-3-7-17)26-31-25-9-5-4-8-22(25)27(32-26)30-20-11-13-24-19(14-20)16-29-33-24;1-6-2-4-7(5-3-6)11(8,9)10/h1-16H,(H,29,33)(H,30,31,32);2-5H,1H3,(H,8,9,10). The molecule has 218 valence electrons. The number of benzene rings is 5. The van der Waals surface area contributed by atoms with Gasteiger partial charge in [-0.1, -0.05) is 72.3 Å². The first-order chi connectivity index (χ1) is 21.2. The summed E-state index contributed by atoms with van der Waals surface area (Å²) >= 11 is 0. The summed E-state index contributed by atoms with van der Waals surface area (Å²) in [5.41, 5.74) is 5.57. The molecule has 0 unspecified atom stereocenters. The van der Waals surface area contributed by atoms with E-state index in [4.69, 9.17) is 14.5 Å². The third-order valence-electron chi connectivity index (χ3n) is 6.94. The first kappa shape index (κ1) is 28.7. The minimum atomic E-state index is -4.02. The summed E-state index contributed by atoms with van der Waals surface area (Å²) in [6, 6.07) is 34.3. The summed E-state index contributed by atoms with van der Waals surface area (Å²) in [6.45, 7) is 1.84. The van der Waals surface area contributed by atoms with E-state index in [1.807, 2.05) is 85.8 Å². The van der Waals surface area contributed by atoms with Gasteiger partial charge in [-0.25, -0.2) is 14.4 Å². The topological polar surface area (TPSA) is 121 Å². The maximum Gasteiger partial charge on any atom is 0.294 e. The first-order valence-electron chi connectivity index (χ1n) is 13.6. The van der Waals surface area contributed by atoms with E-state index in [0.29, 0.717) is 22.8 Å². The molecule has 8 nitrogen and oxygen atoms in total. The van der Waals surface area contributed by atoms with Gasteiger partial charge in [0, 0.05) is 27.6 Å². The van der Waals surface area contributed by atoms with Gasteiger partial charge < -0.3 is 5.32 Å². The third kappa shape index (κ3) is 6.31. The smallest absolute Gasteiger partial charge is 0.294 e. The lowest BCUT2D eigenvalue weighted by Crippen LogP contribution is -2.00. The molecule has 0 spiro atoms. The number of fused-ring (bicyclic) bond motifs is 2. The molecule has 0 radical (unpaired) electrons. The SMILES string of the molecule is Cc1ccc(S(=O)(=O)O)cc1.Fc1cc(-c2nc(Nc3ccc4[nH]ncc4c3)c3ccccc3n2)ccc1-c1ccccc1. The Hall–Kier alpha value is -5.45. The molecule has 2 aromatic heterocycles. The fourth-order valence-corrected chi connectivity index (χ4v) is 5.15. The number of para-hydroxylation sites is 1. The zero-order valence-electron chi connectivity index (χ0n) is 23.4. The van der Waals surface area contributed by atoms with Crippen LogP contribution in [-0.4, -0.2) is 33.1 Å². The molecule has 10 heteroatoms. The van der Waals surface area contributed by atoms with E-state index >= 15 is 4.39 Å². The molecule has 0 saturated heterocycles. The zero-order chi connectivity index (χ0) is 30.7. The fourth-order valence-electron chi connectivity index (χ4n) is 4.67. The van der Waals surface area contributed by atoms with Gasteiger partial charge in [0.2, 0.25) is 0 Å². The van der Waals surface area contributed by atoms with Crippen molar-refractivity contribution in [3.63, 3.8) is 0 Å². The molecule has 0 amide bonds. The molecule has 0 fully saturated rings. The number of aromatic nitrogens is 4. The average molecular weight is 604 g/mol. The van der Waals surface area contributed by atoms with Crippen LogP contribution in [0, 0.1) is 12.7 Å². The van der Waals surface area contributed by atoms with Crippen molar-refractivity contribution in [2.75, 3.05) is 5.32 Å². The summed E-state index contributed by atoms with van der Waals surface area (Å²) < 4.78 is 44.6. The van der Waals surface area contributed by atoms with Crippen molar-refractivity contribution in [1.82, 2.24) is 20.2 Å². The molecular weight excluding hydrogens is 577 g/mol. The zero-order valence-corrected chi connectivity index (χ0v) is 24.3. The number of hydrogen-bond acceptors (Lipinski definition) is 6. The van der Waals surface area contributed by atoms with E-state index in [2.05, 4.69) is 15.5 Å². The number of rotatable bonds is 5. The molecule has 0 aliphatic heterocycles. The van der Waals surface area contributed by atoms with Gasteiger partial charge in [0.25, 0.3) is 10.1 Å². The summed E-state index contributed by atoms with van der Waals surface area (Å²) in [7, 11) is -4.02. The Morgan fingerprint density at radius 1 is 0.795 bits per heavy atom. The van der Waals surface area contributed by atoms with Gasteiger partial charge in [0.15, 0.2) is 5.82 Å². The monoisotopic (exact) mass is 603 g/mol. The van der Waals surface area contributed by atoms with Crippen LogP contribution >= 0.6 is 0 Å². The highest BCUT2D eigenvalue weighted by Gasteiger charge is 2.13. The van der Waals surface area contributed by atoms with Crippen molar-refractivity contribution in [3.8, 4) is 22.5 Å². The van der Waals surface area contributed by atoms with Gasteiger partial charge in [0.05, 0.1) is 22.1 Å². The van der Waals surface area contributed by atoms with Gasteiger partial charge >= 0.3 is 0 Å². The number of halogens is 1. The van der Waals surface area contributed by atoms with Crippen LogP contribution in [0.4, 0.5) is 15.9 Å². The van der Waals surface area contributed by atoms with Crippen LogP contribution in [-0.2, 0) is 10.1 Å². The quantitative estimate of drug-likeness (QED) is 0.171. The fraction of sp³-hybridized carbons (Fsp3) is 0.0294. The lowest BCUT2D eigenvalue weighted by atomic mass is 10.0. The largest absolute Gasteiger partial charge is 0.340 e. The number of hydrogen-bond donors (Lipinski definition) is 3. The van der Waals surface area contributed by atoms with E-state index in [0.717, 1.165) is 38.6 Å². The molecule has 0 bridgehead atoms. The Balaban J connectivity index is 0.000000265. The molecule has 0 saturated carbocycles. The van der Waals surface area contributed by atoms with Gasteiger partial charge in [-0.05, 0) is 61.0 Å². The Labute approximate surface area is 253 Å². The highest BCUT2D eigenvalue weighted by atomic mass is 32.2. The van der Waals surface area contributed by atoms with Crippen molar-refractivity contribution in [2.45, 2.75) is 11.8 Å². The van der Waals surface area contributed by atoms with Crippen molar-refractivity contribution < 1.29 is 17.4 Å². The second kappa shape index (κ2) is 12.0. The van der Waals surface area contributed by atoms with Gasteiger partial charge in [-0.15, -0.1) is 0 Å². The molecule has 0 aliphatic carbocycles. The summed E-state index contributed by atoms with van der Waals surface area (Å²) in [4.78, 5) is 9.40. The number of anilines is 2. The third-order valence-corrected chi connectivity index (χ3v) is 7.80. The number of aromatic amines is 1.